The van der Waals surface area contributed by atoms with Crippen molar-refractivity contribution in [1.29, 1.82) is 0 Å². The molecule has 0 aromatic carbocycles. The smallest absolute Gasteiger partial charge is 0.117 e. The molecular weight excluding hydrogens is 202 g/mol. The highest BCUT2D eigenvalue weighted by atomic mass is 16.3. The molecule has 0 saturated carbocycles. The highest BCUT2D eigenvalue weighted by molar-refractivity contribution is 5.06. The first-order valence-corrected chi connectivity index (χ1v) is 5.64. The Balaban J connectivity index is 1.68. The molecule has 4 heteroatoms. The summed E-state index contributed by atoms with van der Waals surface area (Å²) < 4.78 is 7.49. The van der Waals surface area contributed by atoms with E-state index in [1.54, 1.807) is 6.20 Å². The predicted molar refractivity (Wildman–Crippen MR) is 62.0 cm³/mol. The van der Waals surface area contributed by atoms with Crippen LogP contribution in [0.2, 0.25) is 0 Å². The van der Waals surface area contributed by atoms with Crippen molar-refractivity contribution >= 4 is 0 Å². The summed E-state index contributed by atoms with van der Waals surface area (Å²) in [5.41, 5.74) is 0. The van der Waals surface area contributed by atoms with E-state index in [0.717, 1.165) is 37.6 Å². The van der Waals surface area contributed by atoms with Gasteiger partial charge in [0, 0.05) is 25.4 Å². The molecular formula is C12H17N3O. The van der Waals surface area contributed by atoms with Crippen molar-refractivity contribution in [3.63, 3.8) is 0 Å². The van der Waals surface area contributed by atoms with Crippen molar-refractivity contribution in [2.75, 3.05) is 6.54 Å². The quantitative estimate of drug-likeness (QED) is 0.754. The second kappa shape index (κ2) is 5.51. The van der Waals surface area contributed by atoms with E-state index in [1.807, 2.05) is 29.1 Å². The second-order valence-corrected chi connectivity index (χ2v) is 3.67. The molecule has 0 aliphatic carbocycles. The fourth-order valence-electron chi connectivity index (χ4n) is 1.55. The van der Waals surface area contributed by atoms with E-state index in [1.165, 1.54) is 0 Å². The number of nitrogens with zero attached hydrogens (tertiary/aromatic N) is 2. The molecule has 0 aliphatic rings. The molecule has 16 heavy (non-hydrogen) atoms. The Kier molecular flexibility index (Phi) is 3.77. The van der Waals surface area contributed by atoms with E-state index in [-0.39, 0.29) is 0 Å². The lowest BCUT2D eigenvalue weighted by atomic mass is 10.3. The maximum absolute atomic E-state index is 5.59. The van der Waals surface area contributed by atoms with Crippen molar-refractivity contribution in [3.8, 4) is 0 Å². The van der Waals surface area contributed by atoms with Crippen LogP contribution >= 0.6 is 0 Å². The van der Waals surface area contributed by atoms with Crippen LogP contribution in [0.3, 0.4) is 0 Å². The minimum atomic E-state index is 0.779. The number of furan rings is 1. The van der Waals surface area contributed by atoms with Gasteiger partial charge in [-0.05, 0) is 18.2 Å². The Morgan fingerprint density at radius 2 is 2.25 bits per heavy atom. The average Bonchev–Trinajstić information content (AvgIpc) is 2.95. The number of hydrogen-bond acceptors (Lipinski definition) is 3. The van der Waals surface area contributed by atoms with Gasteiger partial charge >= 0.3 is 0 Å². The van der Waals surface area contributed by atoms with Gasteiger partial charge in [0.1, 0.15) is 11.5 Å². The van der Waals surface area contributed by atoms with Gasteiger partial charge in [-0.1, -0.05) is 6.92 Å². The van der Waals surface area contributed by atoms with Crippen molar-refractivity contribution in [1.82, 2.24) is 15.1 Å². The third-order valence-electron chi connectivity index (χ3n) is 2.44. The van der Waals surface area contributed by atoms with Crippen LogP contribution in [0.15, 0.2) is 35.0 Å². The number of aryl methyl sites for hydroxylation is 1. The van der Waals surface area contributed by atoms with Gasteiger partial charge < -0.3 is 9.73 Å². The molecule has 0 saturated heterocycles. The van der Waals surface area contributed by atoms with Crippen LogP contribution in [0.5, 0.6) is 0 Å². The highest BCUT2D eigenvalue weighted by Gasteiger charge is 1.99. The fraction of sp³-hybridized carbons (Fsp3) is 0.417. The summed E-state index contributed by atoms with van der Waals surface area (Å²) in [6.45, 7) is 4.65. The Morgan fingerprint density at radius 3 is 2.94 bits per heavy atom. The van der Waals surface area contributed by atoms with E-state index in [2.05, 4.69) is 17.3 Å². The largest absolute Gasteiger partial charge is 0.465 e. The monoisotopic (exact) mass is 219 g/mol. The topological polar surface area (TPSA) is 43.0 Å². The molecule has 0 unspecified atom stereocenters. The first-order chi connectivity index (χ1) is 7.88. The first kappa shape index (κ1) is 11.0. The molecule has 2 aromatic heterocycles. The van der Waals surface area contributed by atoms with Crippen LogP contribution in [0.25, 0.3) is 0 Å². The van der Waals surface area contributed by atoms with Gasteiger partial charge in [-0.2, -0.15) is 5.10 Å². The van der Waals surface area contributed by atoms with E-state index < -0.39 is 0 Å². The zero-order chi connectivity index (χ0) is 11.2. The Bertz CT molecular complexity index is 406. The highest BCUT2D eigenvalue weighted by Crippen LogP contribution is 2.07. The lowest BCUT2D eigenvalue weighted by Crippen LogP contribution is -2.19. The molecule has 0 radical (unpaired) electrons. The lowest BCUT2D eigenvalue weighted by Gasteiger charge is -2.02. The summed E-state index contributed by atoms with van der Waals surface area (Å²) in [6.07, 6.45) is 4.71. The van der Waals surface area contributed by atoms with Crippen LogP contribution < -0.4 is 5.32 Å². The molecule has 86 valence electrons. The number of nitrogens with one attached hydrogen (secondary N) is 1. The summed E-state index contributed by atoms with van der Waals surface area (Å²) in [7, 11) is 0. The van der Waals surface area contributed by atoms with E-state index in [0.29, 0.717) is 0 Å². The lowest BCUT2D eigenvalue weighted by molar-refractivity contribution is 0.443. The van der Waals surface area contributed by atoms with Crippen molar-refractivity contribution in [2.24, 2.45) is 0 Å². The fourth-order valence-corrected chi connectivity index (χ4v) is 1.55. The molecule has 0 bridgehead atoms. The van der Waals surface area contributed by atoms with Crippen LogP contribution in [0.1, 0.15) is 18.4 Å². The molecule has 1 N–H and O–H groups in total. The average molecular weight is 219 g/mol. The summed E-state index contributed by atoms with van der Waals surface area (Å²) in [5, 5.41) is 7.45. The van der Waals surface area contributed by atoms with Crippen LogP contribution in [-0.4, -0.2) is 16.3 Å². The predicted octanol–water partition coefficient (Wildman–Crippen LogP) is 1.83. The van der Waals surface area contributed by atoms with Gasteiger partial charge in [0.25, 0.3) is 0 Å². The molecule has 0 spiro atoms. The van der Waals surface area contributed by atoms with Crippen LogP contribution in [-0.2, 0) is 19.5 Å². The molecule has 0 fully saturated rings. The summed E-state index contributed by atoms with van der Waals surface area (Å²) >= 11 is 0. The molecule has 0 amide bonds. The van der Waals surface area contributed by atoms with Crippen LogP contribution in [0.4, 0.5) is 0 Å². The maximum atomic E-state index is 5.59. The number of aromatic nitrogens is 2. The summed E-state index contributed by atoms with van der Waals surface area (Å²) in [6, 6.07) is 5.99. The zero-order valence-electron chi connectivity index (χ0n) is 9.52. The zero-order valence-corrected chi connectivity index (χ0v) is 9.52. The van der Waals surface area contributed by atoms with E-state index in [9.17, 15) is 0 Å². The molecule has 2 aromatic rings. The minimum Gasteiger partial charge on any atom is -0.465 e. The summed E-state index contributed by atoms with van der Waals surface area (Å²) in [5.74, 6) is 2.04. The van der Waals surface area contributed by atoms with Crippen molar-refractivity contribution in [2.45, 2.75) is 26.4 Å². The van der Waals surface area contributed by atoms with E-state index >= 15 is 0 Å². The van der Waals surface area contributed by atoms with Crippen molar-refractivity contribution in [3.05, 3.63) is 42.1 Å². The minimum absolute atomic E-state index is 0.779. The number of rotatable bonds is 6. The molecule has 4 nitrogen and oxygen atoms in total. The normalized spacial score (nSPS) is 10.8. The van der Waals surface area contributed by atoms with Crippen molar-refractivity contribution < 1.29 is 4.42 Å². The third-order valence-corrected chi connectivity index (χ3v) is 2.44. The standard InChI is InChI=1S/C12H17N3O/c1-2-11-4-5-12(16-11)10-13-7-9-15-8-3-6-14-15/h3-6,8,13H,2,7,9-10H2,1H3. The van der Waals surface area contributed by atoms with Gasteiger partial charge in [-0.25, -0.2) is 0 Å². The Labute approximate surface area is 95.3 Å². The van der Waals surface area contributed by atoms with Crippen LogP contribution in [0, 0.1) is 0 Å². The Hall–Kier alpha value is -1.55. The Morgan fingerprint density at radius 1 is 1.38 bits per heavy atom. The van der Waals surface area contributed by atoms with Gasteiger partial charge in [0.15, 0.2) is 0 Å². The van der Waals surface area contributed by atoms with Gasteiger partial charge in [0.2, 0.25) is 0 Å². The molecule has 0 atom stereocenters. The maximum Gasteiger partial charge on any atom is 0.117 e. The van der Waals surface area contributed by atoms with Gasteiger partial charge in [0.05, 0.1) is 13.1 Å². The second-order valence-electron chi connectivity index (χ2n) is 3.67. The number of hydrogen-bond donors (Lipinski definition) is 1. The third kappa shape index (κ3) is 2.97. The molecule has 2 heterocycles. The van der Waals surface area contributed by atoms with E-state index in [4.69, 9.17) is 4.42 Å². The van der Waals surface area contributed by atoms with Gasteiger partial charge in [-0.3, -0.25) is 4.68 Å². The first-order valence-electron chi connectivity index (χ1n) is 5.64. The molecule has 2 rings (SSSR count). The SMILES string of the molecule is CCc1ccc(CNCCn2cccn2)o1. The molecule has 0 aliphatic heterocycles. The summed E-state index contributed by atoms with van der Waals surface area (Å²) in [4.78, 5) is 0. The van der Waals surface area contributed by atoms with Gasteiger partial charge in [-0.15, -0.1) is 0 Å².